The highest BCUT2D eigenvalue weighted by Crippen LogP contribution is 2.04. The molecule has 0 aromatic heterocycles. The third-order valence-electron chi connectivity index (χ3n) is 1.33. The lowest BCUT2D eigenvalue weighted by atomic mass is 10.1. The molecule has 1 aliphatic rings. The molecule has 0 heterocycles. The topological polar surface area (TPSA) is 82.9 Å². The Morgan fingerprint density at radius 3 is 2.83 bits per heavy atom. The molecule has 0 spiro atoms. The Kier molecular flexibility index (Phi) is 2.68. The molecule has 0 aromatic rings. The van der Waals surface area contributed by atoms with E-state index in [4.69, 9.17) is 5.53 Å². The van der Waals surface area contributed by atoms with E-state index in [1.807, 2.05) is 0 Å². The van der Waals surface area contributed by atoms with E-state index in [2.05, 4.69) is 10.0 Å². The third kappa shape index (κ3) is 1.75. The van der Waals surface area contributed by atoms with Crippen molar-refractivity contribution in [3.05, 3.63) is 34.7 Å². The first-order valence-corrected chi connectivity index (χ1v) is 4.18. The molecule has 6 heteroatoms. The molecule has 62 valence electrons. The molecule has 1 aliphatic carbocycles. The molecule has 0 saturated heterocycles. The van der Waals surface area contributed by atoms with Gasteiger partial charge in [-0.1, -0.05) is 23.3 Å². The summed E-state index contributed by atoms with van der Waals surface area (Å²) in [6.07, 6.45) is 6.14. The molecule has 0 aromatic carbocycles. The highest BCUT2D eigenvalue weighted by Gasteiger charge is 2.11. The van der Waals surface area contributed by atoms with Gasteiger partial charge in [0, 0.05) is 4.91 Å². The van der Waals surface area contributed by atoms with Crippen molar-refractivity contribution in [2.45, 2.75) is 6.04 Å². The molecule has 1 atom stereocenters. The zero-order valence-corrected chi connectivity index (χ0v) is 6.77. The van der Waals surface area contributed by atoms with Crippen LogP contribution < -0.4 is 0 Å². The van der Waals surface area contributed by atoms with Gasteiger partial charge in [0.05, 0.1) is 10.9 Å². The monoisotopic (exact) mass is 183 g/mol. The van der Waals surface area contributed by atoms with Gasteiger partial charge in [-0.3, -0.25) is 0 Å². The van der Waals surface area contributed by atoms with Crippen molar-refractivity contribution < 1.29 is 8.42 Å². The first-order valence-electron chi connectivity index (χ1n) is 3.11. The molecule has 12 heavy (non-hydrogen) atoms. The summed E-state index contributed by atoms with van der Waals surface area (Å²) in [5.74, 6) is 0. The highest BCUT2D eigenvalue weighted by atomic mass is 32.2. The third-order valence-corrected chi connectivity index (χ3v) is 2.09. The van der Waals surface area contributed by atoms with E-state index in [0.717, 1.165) is 0 Å². The number of hydrogen-bond donors (Lipinski definition) is 0. The van der Waals surface area contributed by atoms with Crippen LogP contribution in [0.25, 0.3) is 10.4 Å². The van der Waals surface area contributed by atoms with E-state index in [1.165, 1.54) is 12.2 Å². The summed E-state index contributed by atoms with van der Waals surface area (Å²) < 4.78 is 21.1. The minimum Gasteiger partial charge on any atom is -0.184 e. The summed E-state index contributed by atoms with van der Waals surface area (Å²) in [5, 5.41) is 3.30. The Bertz CT molecular complexity index is 404. The fraction of sp³-hybridized carbons (Fsp3) is 0.167. The number of rotatable bonds is 1. The zero-order valence-electron chi connectivity index (χ0n) is 5.95. The summed E-state index contributed by atoms with van der Waals surface area (Å²) >= 11 is 0. The Hall–Kier alpha value is -1.52. The highest BCUT2D eigenvalue weighted by molar-refractivity contribution is 7.73. The molecule has 0 N–H and O–H groups in total. The van der Waals surface area contributed by atoms with Gasteiger partial charge >= 0.3 is 0 Å². The zero-order chi connectivity index (χ0) is 8.97. The maximum absolute atomic E-state index is 10.5. The van der Waals surface area contributed by atoms with Crippen LogP contribution >= 0.6 is 0 Å². The number of nitrogens with zero attached hydrogens (tertiary/aromatic N) is 3. The van der Waals surface area contributed by atoms with Crippen LogP contribution in [-0.2, 0) is 10.3 Å². The van der Waals surface area contributed by atoms with Crippen LogP contribution in [0, 0.1) is 0 Å². The Labute approximate surface area is 70.2 Å². The van der Waals surface area contributed by atoms with Crippen LogP contribution in [0.4, 0.5) is 0 Å². The predicted octanol–water partition coefficient (Wildman–Crippen LogP) is 0.843. The first kappa shape index (κ1) is 8.58. The van der Waals surface area contributed by atoms with Crippen LogP contribution in [-0.4, -0.2) is 19.3 Å². The molecule has 0 saturated carbocycles. The van der Waals surface area contributed by atoms with Gasteiger partial charge in [-0.05, 0) is 11.6 Å². The van der Waals surface area contributed by atoms with Crippen molar-refractivity contribution in [2.75, 3.05) is 0 Å². The van der Waals surface area contributed by atoms with Crippen molar-refractivity contribution in [2.24, 2.45) is 5.11 Å². The molecule has 0 aliphatic heterocycles. The van der Waals surface area contributed by atoms with Crippen LogP contribution in [0.5, 0.6) is 0 Å². The summed E-state index contributed by atoms with van der Waals surface area (Å²) in [6.45, 7) is 0. The average Bonchev–Trinajstić information content (AvgIpc) is 2.05. The standard InChI is InChI=1S/C6H5N3O2S/c7-9-8-5-3-1-2-4-6(5)12(10)11/h1-5H. The Balaban J connectivity index is 3.18. The van der Waals surface area contributed by atoms with Gasteiger partial charge in [-0.2, -0.15) is 8.42 Å². The molecule has 5 nitrogen and oxygen atoms in total. The van der Waals surface area contributed by atoms with E-state index >= 15 is 0 Å². The van der Waals surface area contributed by atoms with Gasteiger partial charge in [-0.25, -0.2) is 0 Å². The fourth-order valence-electron chi connectivity index (χ4n) is 0.818. The van der Waals surface area contributed by atoms with Gasteiger partial charge in [-0.15, -0.1) is 0 Å². The van der Waals surface area contributed by atoms with Crippen molar-refractivity contribution in [1.82, 2.24) is 0 Å². The van der Waals surface area contributed by atoms with Crippen molar-refractivity contribution in [3.63, 3.8) is 0 Å². The quantitative estimate of drug-likeness (QED) is 0.261. The summed E-state index contributed by atoms with van der Waals surface area (Å²) in [6, 6.07) is -0.696. The van der Waals surface area contributed by atoms with Crippen LogP contribution in [0.2, 0.25) is 0 Å². The number of hydrogen-bond acceptors (Lipinski definition) is 3. The molecule has 0 bridgehead atoms. The summed E-state index contributed by atoms with van der Waals surface area (Å²) in [5.41, 5.74) is 8.10. The van der Waals surface area contributed by atoms with Gasteiger partial charge < -0.3 is 0 Å². The predicted molar refractivity (Wildman–Crippen MR) is 45.1 cm³/mol. The molecule has 1 unspecified atom stereocenters. The summed E-state index contributed by atoms with van der Waals surface area (Å²) in [7, 11) is -2.32. The second kappa shape index (κ2) is 3.75. The maximum Gasteiger partial charge on any atom is 0.218 e. The largest absolute Gasteiger partial charge is 0.218 e. The summed E-state index contributed by atoms with van der Waals surface area (Å²) in [4.78, 5) is 2.63. The Morgan fingerprint density at radius 2 is 2.25 bits per heavy atom. The van der Waals surface area contributed by atoms with Crippen molar-refractivity contribution >= 4 is 15.2 Å². The minimum absolute atomic E-state index is 0.0929. The molecule has 1 rings (SSSR count). The van der Waals surface area contributed by atoms with Crippen LogP contribution in [0.3, 0.4) is 0 Å². The lowest BCUT2D eigenvalue weighted by Crippen LogP contribution is -2.15. The SMILES string of the molecule is [N-]=[N+]=NC1C=CC=CC1=S(=O)=O. The molecular weight excluding hydrogens is 178 g/mol. The second-order valence-corrected chi connectivity index (χ2v) is 2.97. The molecular formula is C6H5N3O2S. The van der Waals surface area contributed by atoms with Gasteiger partial charge in [0.2, 0.25) is 10.3 Å². The van der Waals surface area contributed by atoms with E-state index < -0.39 is 16.3 Å². The van der Waals surface area contributed by atoms with E-state index in [9.17, 15) is 8.42 Å². The average molecular weight is 183 g/mol. The Morgan fingerprint density at radius 1 is 1.50 bits per heavy atom. The maximum atomic E-state index is 10.5. The van der Waals surface area contributed by atoms with Gasteiger partial charge in [0.1, 0.15) is 0 Å². The van der Waals surface area contributed by atoms with Crippen LogP contribution in [0.15, 0.2) is 29.4 Å². The smallest absolute Gasteiger partial charge is 0.184 e. The van der Waals surface area contributed by atoms with Crippen molar-refractivity contribution in [3.8, 4) is 0 Å². The lowest BCUT2D eigenvalue weighted by molar-refractivity contribution is 0.626. The second-order valence-electron chi connectivity index (χ2n) is 2.03. The van der Waals surface area contributed by atoms with Gasteiger partial charge in [0.25, 0.3) is 0 Å². The van der Waals surface area contributed by atoms with Crippen LogP contribution in [0.1, 0.15) is 0 Å². The van der Waals surface area contributed by atoms with Crippen molar-refractivity contribution in [1.29, 1.82) is 0 Å². The first-order chi connectivity index (χ1) is 5.75. The van der Waals surface area contributed by atoms with E-state index in [1.54, 1.807) is 12.2 Å². The van der Waals surface area contributed by atoms with E-state index in [0.29, 0.717) is 0 Å². The van der Waals surface area contributed by atoms with E-state index in [-0.39, 0.29) is 4.86 Å². The molecule has 0 amide bonds. The number of allylic oxidation sites excluding steroid dienone is 2. The lowest BCUT2D eigenvalue weighted by Gasteiger charge is -2.04. The fourth-order valence-corrected chi connectivity index (χ4v) is 1.33. The van der Waals surface area contributed by atoms with Gasteiger partial charge in [0.15, 0.2) is 0 Å². The number of azide groups is 1. The normalized spacial score (nSPS) is 20.3. The molecule has 0 radical (unpaired) electrons. The minimum atomic E-state index is -2.32. The molecule has 0 fully saturated rings.